The van der Waals surface area contributed by atoms with E-state index in [1.165, 1.54) is 6.39 Å². The summed E-state index contributed by atoms with van der Waals surface area (Å²) in [6.45, 7) is 2.73. The van der Waals surface area contributed by atoms with Gasteiger partial charge in [0.1, 0.15) is 23.2 Å². The average Bonchev–Trinajstić information content (AvgIpc) is 3.61. The van der Waals surface area contributed by atoms with Crippen molar-refractivity contribution in [2.75, 3.05) is 22.1 Å². The molecule has 0 spiro atoms. The van der Waals surface area contributed by atoms with Crippen molar-refractivity contribution in [3.8, 4) is 16.9 Å². The average molecular weight is 533 g/mol. The predicted molar refractivity (Wildman–Crippen MR) is 150 cm³/mol. The van der Waals surface area contributed by atoms with Crippen molar-refractivity contribution in [2.24, 2.45) is 0 Å². The Morgan fingerprint density at radius 1 is 1.00 bits per heavy atom. The van der Waals surface area contributed by atoms with E-state index in [-0.39, 0.29) is 17.9 Å². The summed E-state index contributed by atoms with van der Waals surface area (Å²) < 4.78 is 11.6. The van der Waals surface area contributed by atoms with Crippen LogP contribution in [-0.2, 0) is 4.79 Å². The van der Waals surface area contributed by atoms with E-state index in [9.17, 15) is 9.59 Å². The van der Waals surface area contributed by atoms with E-state index in [2.05, 4.69) is 25.6 Å². The summed E-state index contributed by atoms with van der Waals surface area (Å²) in [5, 5.41) is 6.14. The van der Waals surface area contributed by atoms with Gasteiger partial charge in [-0.3, -0.25) is 14.6 Å². The van der Waals surface area contributed by atoms with Crippen LogP contribution in [0.4, 0.5) is 22.9 Å². The Morgan fingerprint density at radius 3 is 2.77 bits per heavy atom. The van der Waals surface area contributed by atoms with Gasteiger partial charge >= 0.3 is 0 Å². The number of aromatic nitrogens is 3. The smallest absolute Gasteiger partial charge is 0.255 e. The molecule has 2 amide bonds. The van der Waals surface area contributed by atoms with E-state index >= 15 is 0 Å². The van der Waals surface area contributed by atoms with Crippen molar-refractivity contribution in [1.82, 2.24) is 15.0 Å². The maximum absolute atomic E-state index is 12.8. The first kappa shape index (κ1) is 23.8. The van der Waals surface area contributed by atoms with Gasteiger partial charge in [-0.05, 0) is 55.8 Å². The number of pyridine rings is 2. The first-order chi connectivity index (χ1) is 19.5. The largest absolute Gasteiger partial charge is 0.485 e. The highest BCUT2D eigenvalue weighted by Gasteiger charge is 2.27. The minimum atomic E-state index is -0.286. The number of carbonyl (C=O) groups is 2. The highest BCUT2D eigenvalue weighted by Crippen LogP contribution is 2.44. The Hall–Kier alpha value is -5.25. The lowest BCUT2D eigenvalue weighted by molar-refractivity contribution is -0.117. The monoisotopic (exact) mass is 532 g/mol. The Labute approximate surface area is 229 Å². The van der Waals surface area contributed by atoms with Crippen LogP contribution in [0.1, 0.15) is 41.8 Å². The number of oxazole rings is 1. The first-order valence-electron chi connectivity index (χ1n) is 13.0. The molecular weight excluding hydrogens is 508 g/mol. The summed E-state index contributed by atoms with van der Waals surface area (Å²) in [7, 11) is 0. The standard InChI is InChI=1S/C30H24N6O4/c1-17-23-12-28(32-15-24(23)22-6-5-21(11-26(22)40-17)36-8-2-3-29(36)37)34-19-10-20(14-31-13-19)35-30(38)18-4-7-25-27(9-18)39-16-33-25/h4-7,9-17H,2-3,8H2,1H3,(H,32,34)(H,35,38). The Kier molecular flexibility index (Phi) is 5.66. The highest BCUT2D eigenvalue weighted by molar-refractivity contribution is 6.06. The molecule has 1 unspecified atom stereocenters. The number of ether oxygens (including phenoxy) is 1. The Balaban J connectivity index is 1.10. The Bertz CT molecular complexity index is 1800. The molecule has 2 aromatic carbocycles. The second-order valence-corrected chi connectivity index (χ2v) is 9.82. The third-order valence-corrected chi connectivity index (χ3v) is 7.18. The minimum absolute atomic E-state index is 0.146. The van der Waals surface area contributed by atoms with Crippen LogP contribution in [-0.4, -0.2) is 33.3 Å². The normalized spacial score (nSPS) is 15.9. The van der Waals surface area contributed by atoms with Crippen LogP contribution in [0.25, 0.3) is 22.2 Å². The molecule has 40 heavy (non-hydrogen) atoms. The van der Waals surface area contributed by atoms with Gasteiger partial charge in [-0.1, -0.05) is 0 Å². The van der Waals surface area contributed by atoms with Crippen molar-refractivity contribution in [3.63, 3.8) is 0 Å². The maximum Gasteiger partial charge on any atom is 0.255 e. The fourth-order valence-corrected chi connectivity index (χ4v) is 5.20. The molecule has 0 bridgehead atoms. The summed E-state index contributed by atoms with van der Waals surface area (Å²) >= 11 is 0. The second kappa shape index (κ2) is 9.49. The summed E-state index contributed by atoms with van der Waals surface area (Å²) in [4.78, 5) is 39.8. The van der Waals surface area contributed by atoms with Crippen LogP contribution < -0.4 is 20.3 Å². The zero-order valence-corrected chi connectivity index (χ0v) is 21.5. The van der Waals surface area contributed by atoms with Crippen LogP contribution in [0.3, 0.4) is 0 Å². The van der Waals surface area contributed by atoms with Gasteiger partial charge in [0.15, 0.2) is 12.0 Å². The van der Waals surface area contributed by atoms with E-state index < -0.39 is 0 Å². The Morgan fingerprint density at radius 2 is 1.90 bits per heavy atom. The molecule has 10 nitrogen and oxygen atoms in total. The molecule has 1 saturated heterocycles. The molecule has 0 radical (unpaired) electrons. The third kappa shape index (κ3) is 4.29. The third-order valence-electron chi connectivity index (χ3n) is 7.18. The molecule has 2 aliphatic heterocycles. The van der Waals surface area contributed by atoms with Gasteiger partial charge < -0.3 is 24.7 Å². The number of nitrogens with zero attached hydrogens (tertiary/aromatic N) is 4. The summed E-state index contributed by atoms with van der Waals surface area (Å²) in [6, 6.07) is 14.7. The van der Waals surface area contributed by atoms with Crippen molar-refractivity contribution in [2.45, 2.75) is 25.9 Å². The molecule has 2 aliphatic rings. The predicted octanol–water partition coefficient (Wildman–Crippen LogP) is 5.86. The number of benzene rings is 2. The molecule has 2 N–H and O–H groups in total. The summed E-state index contributed by atoms with van der Waals surface area (Å²) in [6.07, 6.45) is 7.67. The van der Waals surface area contributed by atoms with Crippen molar-refractivity contribution >= 4 is 45.8 Å². The summed E-state index contributed by atoms with van der Waals surface area (Å²) in [5.41, 5.74) is 6.67. The lowest BCUT2D eigenvalue weighted by Gasteiger charge is -2.28. The van der Waals surface area contributed by atoms with E-state index in [0.29, 0.717) is 40.3 Å². The molecular formula is C30H24N6O4. The van der Waals surface area contributed by atoms with Gasteiger partial charge in [0.2, 0.25) is 5.91 Å². The fraction of sp³-hybridized carbons (Fsp3) is 0.167. The van der Waals surface area contributed by atoms with Crippen molar-refractivity contribution in [3.05, 3.63) is 84.6 Å². The quantitative estimate of drug-likeness (QED) is 0.289. The zero-order valence-electron chi connectivity index (χ0n) is 21.5. The van der Waals surface area contributed by atoms with E-state index in [4.69, 9.17) is 9.15 Å². The number of anilines is 4. The molecule has 0 aliphatic carbocycles. The molecule has 5 heterocycles. The number of hydrogen-bond acceptors (Lipinski definition) is 8. The van der Waals surface area contributed by atoms with Gasteiger partial charge in [0.25, 0.3) is 5.91 Å². The molecule has 7 rings (SSSR count). The lowest BCUT2D eigenvalue weighted by atomic mass is 9.94. The molecule has 3 aromatic heterocycles. The van der Waals surface area contributed by atoms with Gasteiger partial charge in [-0.2, -0.15) is 0 Å². The van der Waals surface area contributed by atoms with E-state index in [0.717, 1.165) is 41.1 Å². The van der Waals surface area contributed by atoms with Crippen LogP contribution in [0, 0.1) is 0 Å². The fourth-order valence-electron chi connectivity index (χ4n) is 5.20. The number of hydrogen-bond donors (Lipinski definition) is 2. The number of amides is 2. The minimum Gasteiger partial charge on any atom is -0.485 e. The lowest BCUT2D eigenvalue weighted by Crippen LogP contribution is -2.24. The zero-order chi connectivity index (χ0) is 27.2. The molecule has 1 fully saturated rings. The van der Waals surface area contributed by atoms with Crippen molar-refractivity contribution < 1.29 is 18.7 Å². The van der Waals surface area contributed by atoms with E-state index in [1.54, 1.807) is 36.7 Å². The topological polar surface area (TPSA) is 122 Å². The SMILES string of the molecule is CC1Oc2cc(N3CCCC3=O)ccc2-c2cnc(Nc3cncc(NC(=O)c4ccc5ncoc5c4)c3)cc21. The van der Waals surface area contributed by atoms with E-state index in [1.807, 2.05) is 42.3 Å². The van der Waals surface area contributed by atoms with Crippen LogP contribution in [0.2, 0.25) is 0 Å². The van der Waals surface area contributed by atoms with Gasteiger partial charge in [0.05, 0.1) is 23.8 Å². The molecule has 1 atom stereocenters. The summed E-state index contributed by atoms with van der Waals surface area (Å²) in [5.74, 6) is 1.23. The molecule has 0 saturated carbocycles. The molecule has 198 valence electrons. The number of carbonyl (C=O) groups excluding carboxylic acids is 2. The van der Waals surface area contributed by atoms with Crippen LogP contribution in [0.5, 0.6) is 5.75 Å². The number of rotatable bonds is 5. The van der Waals surface area contributed by atoms with Gasteiger partial charge in [-0.25, -0.2) is 9.97 Å². The molecule has 10 heteroatoms. The van der Waals surface area contributed by atoms with Crippen molar-refractivity contribution in [1.29, 1.82) is 0 Å². The second-order valence-electron chi connectivity index (χ2n) is 9.82. The maximum atomic E-state index is 12.8. The number of nitrogens with one attached hydrogen (secondary N) is 2. The first-order valence-corrected chi connectivity index (χ1v) is 13.0. The van der Waals surface area contributed by atoms with Crippen LogP contribution >= 0.6 is 0 Å². The van der Waals surface area contributed by atoms with Gasteiger partial charge in [-0.15, -0.1) is 0 Å². The number of fused-ring (bicyclic) bond motifs is 4. The van der Waals surface area contributed by atoms with Gasteiger partial charge in [0, 0.05) is 53.2 Å². The highest BCUT2D eigenvalue weighted by atomic mass is 16.5. The van der Waals surface area contributed by atoms with Crippen LogP contribution in [0.15, 0.2) is 77.9 Å². The molecule has 5 aromatic rings.